The maximum Gasteiger partial charge on any atom is 0.242 e. The number of hydrogen-bond acceptors (Lipinski definition) is 7. The van der Waals surface area contributed by atoms with Gasteiger partial charge in [0.1, 0.15) is 6.04 Å². The van der Waals surface area contributed by atoms with Gasteiger partial charge in [0.05, 0.1) is 0 Å². The number of nitrogens with one attached hydrogen (secondary N) is 1. The van der Waals surface area contributed by atoms with Crippen molar-refractivity contribution >= 4 is 33.4 Å². The van der Waals surface area contributed by atoms with Crippen LogP contribution >= 0.6 is 11.3 Å². The molecule has 9 heteroatoms. The third-order valence-corrected chi connectivity index (χ3v) is 7.37. The molecule has 4 rings (SSSR count). The van der Waals surface area contributed by atoms with Crippen LogP contribution in [0, 0.1) is 0 Å². The third-order valence-electron chi connectivity index (χ3n) is 6.39. The van der Waals surface area contributed by atoms with Crippen molar-refractivity contribution in [3.05, 3.63) is 35.9 Å². The Morgan fingerprint density at radius 2 is 1.97 bits per heavy atom. The van der Waals surface area contributed by atoms with E-state index in [1.807, 2.05) is 11.0 Å². The Hall–Kier alpha value is -2.52. The minimum atomic E-state index is -0.217. The van der Waals surface area contributed by atoms with Crippen LogP contribution in [-0.4, -0.2) is 65.2 Å². The summed E-state index contributed by atoms with van der Waals surface area (Å²) in [6.07, 6.45) is 4.11. The van der Waals surface area contributed by atoms with E-state index in [1.165, 1.54) is 16.9 Å². The Balaban J connectivity index is 1.26. The predicted molar refractivity (Wildman–Crippen MR) is 131 cm³/mol. The van der Waals surface area contributed by atoms with Gasteiger partial charge in [0, 0.05) is 45.2 Å². The van der Waals surface area contributed by atoms with Gasteiger partial charge in [-0.15, -0.1) is 10.2 Å². The molecule has 33 heavy (non-hydrogen) atoms. The van der Waals surface area contributed by atoms with Crippen LogP contribution < -0.4 is 15.1 Å². The molecule has 0 bridgehead atoms. The monoisotopic (exact) mass is 470 g/mol. The van der Waals surface area contributed by atoms with E-state index in [4.69, 9.17) is 0 Å². The van der Waals surface area contributed by atoms with Crippen molar-refractivity contribution in [3.63, 3.8) is 0 Å². The average molecular weight is 471 g/mol. The van der Waals surface area contributed by atoms with Crippen LogP contribution in [0.1, 0.15) is 51.5 Å². The fourth-order valence-corrected chi connectivity index (χ4v) is 5.47. The molecule has 3 heterocycles. The lowest BCUT2D eigenvalue weighted by atomic mass is 10.1. The average Bonchev–Trinajstić information content (AvgIpc) is 3.56. The lowest BCUT2D eigenvalue weighted by Gasteiger charge is -2.27. The van der Waals surface area contributed by atoms with Crippen molar-refractivity contribution in [2.75, 3.05) is 36.0 Å². The smallest absolute Gasteiger partial charge is 0.242 e. The molecule has 8 nitrogen and oxygen atoms in total. The summed E-state index contributed by atoms with van der Waals surface area (Å²) in [6, 6.07) is 10.7. The lowest BCUT2D eigenvalue weighted by molar-refractivity contribution is -0.122. The molecule has 2 amide bonds. The molecule has 2 fully saturated rings. The lowest BCUT2D eigenvalue weighted by Crippen LogP contribution is -2.44. The van der Waals surface area contributed by atoms with Crippen LogP contribution in [-0.2, 0) is 16.1 Å². The molecule has 1 atom stereocenters. The second-order valence-corrected chi connectivity index (χ2v) is 10.00. The summed E-state index contributed by atoms with van der Waals surface area (Å²) in [4.78, 5) is 31.1. The van der Waals surface area contributed by atoms with Gasteiger partial charge in [-0.2, -0.15) is 0 Å². The maximum atomic E-state index is 12.9. The second kappa shape index (κ2) is 11.1. The molecule has 2 aliphatic rings. The Bertz CT molecular complexity index is 934. The molecular formula is C24H34N6O2S. The summed E-state index contributed by atoms with van der Waals surface area (Å²) in [6.45, 7) is 8.43. The normalized spacial score (nSPS) is 18.7. The van der Waals surface area contributed by atoms with Gasteiger partial charge in [-0.1, -0.05) is 41.7 Å². The van der Waals surface area contributed by atoms with E-state index in [0.717, 1.165) is 50.4 Å². The highest BCUT2D eigenvalue weighted by molar-refractivity contribution is 7.19. The van der Waals surface area contributed by atoms with Crippen molar-refractivity contribution in [3.8, 4) is 0 Å². The standard InChI is InChI=1S/C24H34N6O2S/c1-18(2)28(17-19-9-4-3-5-10-19)14-8-13-25-22(32)20-11-6-15-29(20)23-26-27-24(33-23)30-16-7-12-21(30)31/h3-5,9-10,18,20H,6-8,11-17H2,1-2H3,(H,25,32)/t20-/m0/s1. The number of nitrogens with zero attached hydrogens (tertiary/aromatic N) is 5. The molecule has 0 aliphatic carbocycles. The summed E-state index contributed by atoms with van der Waals surface area (Å²) >= 11 is 1.41. The first-order chi connectivity index (χ1) is 16.0. The molecule has 0 saturated carbocycles. The predicted octanol–water partition coefficient (Wildman–Crippen LogP) is 3.05. The SMILES string of the molecule is CC(C)N(CCCNC(=O)[C@@H]1CCCN1c1nnc(N2CCCC2=O)s1)Cc1ccccc1. The zero-order valence-electron chi connectivity index (χ0n) is 19.6. The first-order valence-corrected chi connectivity index (χ1v) is 12.8. The number of amides is 2. The van der Waals surface area contributed by atoms with Crippen LogP contribution in [0.25, 0.3) is 0 Å². The molecule has 2 aliphatic heterocycles. The summed E-state index contributed by atoms with van der Waals surface area (Å²) in [5.41, 5.74) is 1.31. The largest absolute Gasteiger partial charge is 0.354 e. The van der Waals surface area contributed by atoms with Crippen LogP contribution in [0.5, 0.6) is 0 Å². The van der Waals surface area contributed by atoms with Crippen molar-refractivity contribution in [1.29, 1.82) is 0 Å². The van der Waals surface area contributed by atoms with E-state index < -0.39 is 0 Å². The Morgan fingerprint density at radius 1 is 1.18 bits per heavy atom. The van der Waals surface area contributed by atoms with Crippen LogP contribution in [0.15, 0.2) is 30.3 Å². The second-order valence-electron chi connectivity index (χ2n) is 9.06. The molecule has 0 unspecified atom stereocenters. The number of carbonyl (C=O) groups is 2. The van der Waals surface area contributed by atoms with Gasteiger partial charge in [-0.25, -0.2) is 0 Å². The van der Waals surface area contributed by atoms with E-state index >= 15 is 0 Å². The highest BCUT2D eigenvalue weighted by Gasteiger charge is 2.34. The van der Waals surface area contributed by atoms with Crippen LogP contribution in [0.2, 0.25) is 0 Å². The fourth-order valence-electron chi connectivity index (χ4n) is 4.50. The van der Waals surface area contributed by atoms with E-state index in [2.05, 4.69) is 58.5 Å². The Labute approximate surface area is 200 Å². The number of carbonyl (C=O) groups excluding carboxylic acids is 2. The van der Waals surface area contributed by atoms with Gasteiger partial charge >= 0.3 is 0 Å². The zero-order chi connectivity index (χ0) is 23.2. The summed E-state index contributed by atoms with van der Waals surface area (Å²) in [5, 5.41) is 13.0. The summed E-state index contributed by atoms with van der Waals surface area (Å²) in [5.74, 6) is 0.164. The van der Waals surface area contributed by atoms with Gasteiger partial charge in [-0.3, -0.25) is 19.4 Å². The molecule has 1 aromatic carbocycles. The summed E-state index contributed by atoms with van der Waals surface area (Å²) in [7, 11) is 0. The maximum absolute atomic E-state index is 12.9. The first kappa shape index (κ1) is 23.6. The molecule has 0 radical (unpaired) electrons. The van der Waals surface area contributed by atoms with Crippen molar-refractivity contribution in [1.82, 2.24) is 20.4 Å². The number of aromatic nitrogens is 2. The van der Waals surface area contributed by atoms with Gasteiger partial charge in [0.15, 0.2) is 0 Å². The minimum Gasteiger partial charge on any atom is -0.354 e. The number of hydrogen-bond donors (Lipinski definition) is 1. The van der Waals surface area contributed by atoms with Gasteiger partial charge in [-0.05, 0) is 45.1 Å². The van der Waals surface area contributed by atoms with Crippen molar-refractivity contribution in [2.24, 2.45) is 0 Å². The number of benzene rings is 1. The van der Waals surface area contributed by atoms with E-state index in [1.54, 1.807) is 4.90 Å². The fraction of sp³-hybridized carbons (Fsp3) is 0.583. The van der Waals surface area contributed by atoms with Crippen molar-refractivity contribution < 1.29 is 9.59 Å². The minimum absolute atomic E-state index is 0.0562. The Kier molecular flexibility index (Phi) is 7.93. The van der Waals surface area contributed by atoms with Gasteiger partial charge < -0.3 is 10.2 Å². The molecule has 1 aromatic heterocycles. The first-order valence-electron chi connectivity index (χ1n) is 12.0. The quantitative estimate of drug-likeness (QED) is 0.538. The molecule has 1 N–H and O–H groups in total. The highest BCUT2D eigenvalue weighted by atomic mass is 32.1. The van der Waals surface area contributed by atoms with Crippen molar-refractivity contribution in [2.45, 2.75) is 64.6 Å². The Morgan fingerprint density at radius 3 is 2.70 bits per heavy atom. The zero-order valence-corrected chi connectivity index (χ0v) is 20.4. The molecule has 2 aromatic rings. The molecular weight excluding hydrogens is 436 g/mol. The highest BCUT2D eigenvalue weighted by Crippen LogP contribution is 2.33. The molecule has 2 saturated heterocycles. The van der Waals surface area contributed by atoms with Crippen LogP contribution in [0.3, 0.4) is 0 Å². The van der Waals surface area contributed by atoms with E-state index in [9.17, 15) is 9.59 Å². The van der Waals surface area contributed by atoms with E-state index in [-0.39, 0.29) is 17.9 Å². The summed E-state index contributed by atoms with van der Waals surface area (Å²) < 4.78 is 0. The molecule has 0 spiro atoms. The van der Waals surface area contributed by atoms with Gasteiger partial charge in [0.25, 0.3) is 0 Å². The van der Waals surface area contributed by atoms with E-state index in [0.29, 0.717) is 30.7 Å². The number of anilines is 2. The third kappa shape index (κ3) is 5.89. The molecule has 178 valence electrons. The number of rotatable bonds is 10. The van der Waals surface area contributed by atoms with Gasteiger partial charge in [0.2, 0.25) is 22.1 Å². The van der Waals surface area contributed by atoms with Crippen LogP contribution in [0.4, 0.5) is 10.3 Å². The topological polar surface area (TPSA) is 81.7 Å².